The molecule has 108 valence electrons. The average Bonchev–Trinajstić information content (AvgIpc) is 2.25. The first-order valence-corrected chi connectivity index (χ1v) is 4.59. The fourth-order valence-corrected chi connectivity index (χ4v) is 1.28. The Morgan fingerprint density at radius 2 is 1.79 bits per heavy atom. The van der Waals surface area contributed by atoms with Gasteiger partial charge in [0, 0.05) is 11.8 Å². The van der Waals surface area contributed by atoms with Crippen LogP contribution in [0.4, 0.5) is 26.3 Å². The summed E-state index contributed by atoms with van der Waals surface area (Å²) in [5, 5.41) is 8.85. The average molecular weight is 291 g/mol. The van der Waals surface area contributed by atoms with Gasteiger partial charge in [0.1, 0.15) is 0 Å². The molecule has 0 radical (unpaired) electrons. The van der Waals surface area contributed by atoms with Crippen molar-refractivity contribution >= 4 is 0 Å². The van der Waals surface area contributed by atoms with Crippen molar-refractivity contribution < 1.29 is 40.9 Å². The predicted molar refractivity (Wildman–Crippen MR) is 48.4 cm³/mol. The van der Waals surface area contributed by atoms with Gasteiger partial charge in [-0.2, -0.15) is 13.2 Å². The minimum atomic E-state index is -5.25. The van der Waals surface area contributed by atoms with Gasteiger partial charge in [0.05, 0.1) is 19.3 Å². The molecule has 0 atom stereocenters. The van der Waals surface area contributed by atoms with Crippen molar-refractivity contribution in [2.24, 2.45) is 0 Å². The van der Waals surface area contributed by atoms with Gasteiger partial charge in [-0.3, -0.25) is 0 Å². The zero-order chi connectivity index (χ0) is 14.8. The molecule has 0 amide bonds. The van der Waals surface area contributed by atoms with E-state index in [1.54, 1.807) is 0 Å². The Hall–Kier alpha value is -1.71. The lowest BCUT2D eigenvalue weighted by Crippen LogP contribution is -2.21. The molecule has 19 heavy (non-hydrogen) atoms. The van der Waals surface area contributed by atoms with Crippen LogP contribution < -0.4 is 9.47 Å². The quantitative estimate of drug-likeness (QED) is 0.869. The van der Waals surface area contributed by atoms with Crippen LogP contribution in [0.2, 0.25) is 0 Å². The number of methoxy groups -OCH3 is 1. The summed E-state index contributed by atoms with van der Waals surface area (Å²) < 4.78 is 81.9. The molecule has 0 aliphatic carbocycles. The predicted octanol–water partition coefficient (Wildman–Crippen LogP) is 2.50. The summed E-state index contributed by atoms with van der Waals surface area (Å²) in [4.78, 5) is 3.08. The van der Waals surface area contributed by atoms with Gasteiger partial charge < -0.3 is 14.6 Å². The van der Waals surface area contributed by atoms with E-state index in [-0.39, 0.29) is 6.20 Å². The van der Waals surface area contributed by atoms with Crippen LogP contribution in [0.3, 0.4) is 0 Å². The third-order valence-corrected chi connectivity index (χ3v) is 1.98. The van der Waals surface area contributed by atoms with Crippen molar-refractivity contribution in [1.82, 2.24) is 4.98 Å². The van der Waals surface area contributed by atoms with Crippen molar-refractivity contribution in [1.29, 1.82) is 0 Å². The summed E-state index contributed by atoms with van der Waals surface area (Å²) in [6, 6.07) is 0. The maximum Gasteiger partial charge on any atom is 0.573 e. The number of pyridine rings is 1. The first-order chi connectivity index (χ1) is 8.60. The van der Waals surface area contributed by atoms with Gasteiger partial charge in [-0.25, -0.2) is 4.98 Å². The van der Waals surface area contributed by atoms with Crippen molar-refractivity contribution in [3.05, 3.63) is 17.3 Å². The van der Waals surface area contributed by atoms with Crippen LogP contribution >= 0.6 is 0 Å². The second kappa shape index (κ2) is 5.11. The van der Waals surface area contributed by atoms with Crippen LogP contribution in [0.5, 0.6) is 11.6 Å². The smallest absolute Gasteiger partial charge is 0.478 e. The van der Waals surface area contributed by atoms with Gasteiger partial charge in [0.25, 0.3) is 5.88 Å². The standard InChI is InChI=1S/C9H7F6NO3/c1-18-7-6(19-9(13,14)15)4(3-17)5(2-16-7)8(10,11)12/h2,17H,3H2,1H3. The Kier molecular flexibility index (Phi) is 4.13. The zero-order valence-electron chi connectivity index (χ0n) is 9.26. The summed E-state index contributed by atoms with van der Waals surface area (Å²) in [6.07, 6.45) is -9.97. The maximum absolute atomic E-state index is 12.6. The van der Waals surface area contributed by atoms with E-state index < -0.39 is 41.9 Å². The van der Waals surface area contributed by atoms with Crippen molar-refractivity contribution in [2.75, 3.05) is 7.11 Å². The highest BCUT2D eigenvalue weighted by Gasteiger charge is 2.40. The van der Waals surface area contributed by atoms with Gasteiger partial charge in [0.2, 0.25) is 0 Å². The molecular weight excluding hydrogens is 284 g/mol. The number of alkyl halides is 6. The molecule has 0 aromatic carbocycles. The lowest BCUT2D eigenvalue weighted by molar-refractivity contribution is -0.275. The number of aliphatic hydroxyl groups excluding tert-OH is 1. The Morgan fingerprint density at radius 3 is 2.16 bits per heavy atom. The molecule has 1 N–H and O–H groups in total. The third kappa shape index (κ3) is 3.63. The number of ether oxygens (including phenoxy) is 2. The van der Waals surface area contributed by atoms with Gasteiger partial charge in [-0.05, 0) is 0 Å². The summed E-state index contributed by atoms with van der Waals surface area (Å²) in [7, 11) is 0.903. The Labute approximate surface area is 102 Å². The number of nitrogens with zero attached hydrogens (tertiary/aromatic N) is 1. The Balaban J connectivity index is 3.46. The first kappa shape index (κ1) is 15.3. The van der Waals surface area contributed by atoms with Gasteiger partial charge in [-0.1, -0.05) is 0 Å². The van der Waals surface area contributed by atoms with Gasteiger partial charge >= 0.3 is 12.5 Å². The van der Waals surface area contributed by atoms with E-state index >= 15 is 0 Å². The molecule has 4 nitrogen and oxygen atoms in total. The van der Waals surface area contributed by atoms with Crippen LogP contribution in [0.15, 0.2) is 6.20 Å². The molecule has 0 saturated heterocycles. The number of halogens is 6. The third-order valence-electron chi connectivity index (χ3n) is 1.98. The molecule has 1 aromatic rings. The van der Waals surface area contributed by atoms with Crippen LogP contribution in [-0.4, -0.2) is 23.6 Å². The SMILES string of the molecule is COc1ncc(C(F)(F)F)c(CO)c1OC(F)(F)F. The molecule has 0 unspecified atom stereocenters. The normalized spacial score (nSPS) is 12.4. The zero-order valence-corrected chi connectivity index (χ0v) is 9.26. The molecule has 1 rings (SSSR count). The number of hydrogen-bond acceptors (Lipinski definition) is 4. The second-order valence-corrected chi connectivity index (χ2v) is 3.19. The summed E-state index contributed by atoms with van der Waals surface area (Å²) in [5.41, 5.74) is -2.63. The number of aliphatic hydroxyl groups is 1. The summed E-state index contributed by atoms with van der Waals surface area (Å²) in [6.45, 7) is -1.32. The van der Waals surface area contributed by atoms with Gasteiger partial charge in [-0.15, -0.1) is 13.2 Å². The van der Waals surface area contributed by atoms with E-state index in [9.17, 15) is 26.3 Å². The highest BCUT2D eigenvalue weighted by Crippen LogP contribution is 2.41. The number of hydrogen-bond donors (Lipinski definition) is 1. The first-order valence-electron chi connectivity index (χ1n) is 4.59. The molecule has 0 aliphatic rings. The Morgan fingerprint density at radius 1 is 1.21 bits per heavy atom. The molecule has 10 heteroatoms. The highest BCUT2D eigenvalue weighted by atomic mass is 19.4. The van der Waals surface area contributed by atoms with Crippen molar-refractivity contribution in [3.8, 4) is 11.6 Å². The van der Waals surface area contributed by atoms with E-state index in [0.29, 0.717) is 0 Å². The fraction of sp³-hybridized carbons (Fsp3) is 0.444. The lowest BCUT2D eigenvalue weighted by Gasteiger charge is -2.18. The molecule has 0 aliphatic heterocycles. The molecule has 1 heterocycles. The van der Waals surface area contributed by atoms with E-state index in [1.165, 1.54) is 0 Å². The maximum atomic E-state index is 12.6. The van der Waals surface area contributed by atoms with Crippen LogP contribution in [0.25, 0.3) is 0 Å². The van der Waals surface area contributed by atoms with Gasteiger partial charge in [0.15, 0.2) is 5.75 Å². The van der Waals surface area contributed by atoms with Crippen LogP contribution in [0, 0.1) is 0 Å². The number of aromatic nitrogens is 1. The molecular formula is C9H7F6NO3. The van der Waals surface area contributed by atoms with E-state index in [2.05, 4.69) is 14.5 Å². The topological polar surface area (TPSA) is 51.6 Å². The van der Waals surface area contributed by atoms with Crippen molar-refractivity contribution in [2.45, 2.75) is 19.1 Å². The summed E-state index contributed by atoms with van der Waals surface area (Å²) >= 11 is 0. The van der Waals surface area contributed by atoms with Crippen LogP contribution in [0.1, 0.15) is 11.1 Å². The van der Waals surface area contributed by atoms with Crippen LogP contribution in [-0.2, 0) is 12.8 Å². The largest absolute Gasteiger partial charge is 0.573 e. The second-order valence-electron chi connectivity index (χ2n) is 3.19. The number of rotatable bonds is 3. The molecule has 0 saturated carbocycles. The van der Waals surface area contributed by atoms with E-state index in [4.69, 9.17) is 5.11 Å². The minimum absolute atomic E-state index is 0.258. The molecule has 0 bridgehead atoms. The van der Waals surface area contributed by atoms with Crippen molar-refractivity contribution in [3.63, 3.8) is 0 Å². The van der Waals surface area contributed by atoms with E-state index in [1.807, 2.05) is 0 Å². The summed E-state index contributed by atoms with van der Waals surface area (Å²) in [5.74, 6) is -2.12. The fourth-order valence-electron chi connectivity index (χ4n) is 1.28. The Bertz CT molecular complexity index is 456. The highest BCUT2D eigenvalue weighted by molar-refractivity contribution is 5.46. The minimum Gasteiger partial charge on any atom is -0.478 e. The molecule has 0 spiro atoms. The monoisotopic (exact) mass is 291 g/mol. The molecule has 0 fully saturated rings. The van der Waals surface area contributed by atoms with E-state index in [0.717, 1.165) is 7.11 Å². The lowest BCUT2D eigenvalue weighted by atomic mass is 10.1. The molecule has 1 aromatic heterocycles.